The lowest BCUT2D eigenvalue weighted by Crippen LogP contribution is -2.29. The van der Waals surface area contributed by atoms with E-state index < -0.39 is 24.6 Å². The number of carbonyl (C=O) groups is 1. The standard InChI is InChI=1S/C9H9BrFNO3/c10-6-1-5(2-7(11)3-6)8(4-13)12-9(14)15/h1-3,8,12-13H,4H2,(H,14,15). The summed E-state index contributed by atoms with van der Waals surface area (Å²) in [5, 5.41) is 19.5. The monoisotopic (exact) mass is 277 g/mol. The van der Waals surface area contributed by atoms with E-state index in [2.05, 4.69) is 21.2 Å². The van der Waals surface area contributed by atoms with E-state index in [1.165, 1.54) is 12.1 Å². The summed E-state index contributed by atoms with van der Waals surface area (Å²) in [4.78, 5) is 10.4. The fraction of sp³-hybridized carbons (Fsp3) is 0.222. The molecule has 15 heavy (non-hydrogen) atoms. The van der Waals surface area contributed by atoms with Gasteiger partial charge in [0.25, 0.3) is 0 Å². The van der Waals surface area contributed by atoms with Crippen molar-refractivity contribution in [3.8, 4) is 0 Å². The molecule has 1 amide bonds. The van der Waals surface area contributed by atoms with E-state index in [-0.39, 0.29) is 0 Å². The van der Waals surface area contributed by atoms with Crippen molar-refractivity contribution in [1.29, 1.82) is 0 Å². The van der Waals surface area contributed by atoms with Crippen LogP contribution in [0.2, 0.25) is 0 Å². The Morgan fingerprint density at radius 3 is 2.67 bits per heavy atom. The summed E-state index contributed by atoms with van der Waals surface area (Å²) < 4.78 is 13.5. The topological polar surface area (TPSA) is 69.6 Å². The Bertz CT molecular complexity index is 352. The highest BCUT2D eigenvalue weighted by Gasteiger charge is 2.14. The Kier molecular flexibility index (Phi) is 4.05. The van der Waals surface area contributed by atoms with Gasteiger partial charge >= 0.3 is 6.09 Å². The van der Waals surface area contributed by atoms with Gasteiger partial charge in [-0.2, -0.15) is 0 Å². The second-order valence-electron chi connectivity index (χ2n) is 2.89. The molecule has 0 spiro atoms. The number of carboxylic acid groups (broad SMARTS) is 1. The molecule has 1 aromatic rings. The van der Waals surface area contributed by atoms with Gasteiger partial charge < -0.3 is 15.5 Å². The first kappa shape index (κ1) is 11.9. The molecule has 0 radical (unpaired) electrons. The highest BCUT2D eigenvalue weighted by Crippen LogP contribution is 2.20. The molecule has 0 bridgehead atoms. The van der Waals surface area contributed by atoms with E-state index in [1.807, 2.05) is 0 Å². The third-order valence-electron chi connectivity index (χ3n) is 1.77. The Labute approximate surface area is 93.9 Å². The molecular weight excluding hydrogens is 269 g/mol. The molecule has 1 atom stereocenters. The molecule has 0 aliphatic carbocycles. The second-order valence-corrected chi connectivity index (χ2v) is 3.80. The number of aliphatic hydroxyl groups is 1. The van der Waals surface area contributed by atoms with Gasteiger partial charge in [-0.25, -0.2) is 9.18 Å². The Morgan fingerprint density at radius 1 is 1.53 bits per heavy atom. The zero-order valence-corrected chi connectivity index (χ0v) is 9.16. The fourth-order valence-corrected chi connectivity index (χ4v) is 1.64. The predicted octanol–water partition coefficient (Wildman–Crippen LogP) is 1.89. The first-order valence-corrected chi connectivity index (χ1v) is 4.88. The van der Waals surface area contributed by atoms with Crippen LogP contribution in [-0.4, -0.2) is 22.9 Å². The van der Waals surface area contributed by atoms with Gasteiger partial charge in [-0.05, 0) is 23.8 Å². The van der Waals surface area contributed by atoms with Gasteiger partial charge in [-0.1, -0.05) is 15.9 Å². The van der Waals surface area contributed by atoms with Gasteiger partial charge in [0.15, 0.2) is 0 Å². The van der Waals surface area contributed by atoms with Gasteiger partial charge in [-0.3, -0.25) is 0 Å². The molecule has 4 nitrogen and oxygen atoms in total. The average Bonchev–Trinajstić information content (AvgIpc) is 2.12. The van der Waals surface area contributed by atoms with E-state index in [0.29, 0.717) is 10.0 Å². The fourth-order valence-electron chi connectivity index (χ4n) is 1.16. The highest BCUT2D eigenvalue weighted by atomic mass is 79.9. The molecule has 3 N–H and O–H groups in total. The Hall–Kier alpha value is -1.14. The Morgan fingerprint density at radius 2 is 2.20 bits per heavy atom. The van der Waals surface area contributed by atoms with Gasteiger partial charge in [0, 0.05) is 4.47 Å². The molecule has 82 valence electrons. The summed E-state index contributed by atoms with van der Waals surface area (Å²) in [6.45, 7) is -0.428. The first-order chi connectivity index (χ1) is 7.02. The van der Waals surface area contributed by atoms with E-state index in [1.54, 1.807) is 6.07 Å². The van der Waals surface area contributed by atoms with E-state index in [0.717, 1.165) is 0 Å². The summed E-state index contributed by atoms with van der Waals surface area (Å²) in [6, 6.07) is 3.13. The largest absolute Gasteiger partial charge is 0.465 e. The van der Waals surface area contributed by atoms with Crippen molar-refractivity contribution in [3.05, 3.63) is 34.1 Å². The minimum atomic E-state index is -1.27. The maximum absolute atomic E-state index is 13.0. The molecule has 0 fully saturated rings. The zero-order chi connectivity index (χ0) is 11.4. The van der Waals surface area contributed by atoms with Crippen LogP contribution in [0.3, 0.4) is 0 Å². The lowest BCUT2D eigenvalue weighted by Gasteiger charge is -2.14. The van der Waals surface area contributed by atoms with Crippen molar-refractivity contribution >= 4 is 22.0 Å². The van der Waals surface area contributed by atoms with Crippen LogP contribution in [0.1, 0.15) is 11.6 Å². The van der Waals surface area contributed by atoms with Crippen LogP contribution in [-0.2, 0) is 0 Å². The number of hydrogen-bond donors (Lipinski definition) is 3. The summed E-state index contributed by atoms with van der Waals surface area (Å²) in [5.74, 6) is -0.495. The minimum Gasteiger partial charge on any atom is -0.465 e. The van der Waals surface area contributed by atoms with E-state index >= 15 is 0 Å². The average molecular weight is 278 g/mol. The summed E-state index contributed by atoms with van der Waals surface area (Å²) in [6.07, 6.45) is -1.27. The van der Waals surface area contributed by atoms with Gasteiger partial charge in [0.1, 0.15) is 5.82 Å². The van der Waals surface area contributed by atoms with Gasteiger partial charge in [0.2, 0.25) is 0 Å². The maximum Gasteiger partial charge on any atom is 0.405 e. The van der Waals surface area contributed by atoms with Crippen LogP contribution in [0.15, 0.2) is 22.7 Å². The molecule has 1 rings (SSSR count). The molecule has 0 aliphatic heterocycles. The van der Waals surface area contributed by atoms with Crippen molar-refractivity contribution < 1.29 is 19.4 Å². The minimum absolute atomic E-state index is 0.367. The maximum atomic E-state index is 13.0. The van der Waals surface area contributed by atoms with Crippen LogP contribution in [0.25, 0.3) is 0 Å². The molecule has 1 unspecified atom stereocenters. The molecule has 6 heteroatoms. The normalized spacial score (nSPS) is 12.2. The van der Waals surface area contributed by atoms with Crippen molar-refractivity contribution in [2.75, 3.05) is 6.61 Å². The third-order valence-corrected chi connectivity index (χ3v) is 2.23. The zero-order valence-electron chi connectivity index (χ0n) is 7.58. The van der Waals surface area contributed by atoms with Crippen molar-refractivity contribution in [2.24, 2.45) is 0 Å². The van der Waals surface area contributed by atoms with E-state index in [9.17, 15) is 9.18 Å². The lowest BCUT2D eigenvalue weighted by molar-refractivity contribution is 0.177. The quantitative estimate of drug-likeness (QED) is 0.790. The van der Waals surface area contributed by atoms with Crippen LogP contribution in [0, 0.1) is 5.82 Å². The highest BCUT2D eigenvalue weighted by molar-refractivity contribution is 9.10. The number of benzene rings is 1. The molecule has 0 saturated heterocycles. The smallest absolute Gasteiger partial charge is 0.405 e. The summed E-state index contributed by atoms with van der Waals surface area (Å²) >= 11 is 3.08. The molecule has 1 aromatic carbocycles. The molecule has 0 aromatic heterocycles. The molecule has 0 heterocycles. The first-order valence-electron chi connectivity index (χ1n) is 4.09. The SMILES string of the molecule is O=C(O)NC(CO)c1cc(F)cc(Br)c1. The molecule has 0 aliphatic rings. The number of amides is 1. The van der Waals surface area contributed by atoms with E-state index in [4.69, 9.17) is 10.2 Å². The summed E-state index contributed by atoms with van der Waals surface area (Å²) in [5.41, 5.74) is 0.367. The Balaban J connectivity index is 2.95. The second kappa shape index (κ2) is 5.09. The number of rotatable bonds is 3. The predicted molar refractivity (Wildman–Crippen MR) is 55.1 cm³/mol. The molecule has 0 saturated carbocycles. The van der Waals surface area contributed by atoms with Crippen LogP contribution in [0.4, 0.5) is 9.18 Å². The lowest BCUT2D eigenvalue weighted by atomic mass is 10.1. The third kappa shape index (κ3) is 3.49. The van der Waals surface area contributed by atoms with Crippen molar-refractivity contribution in [1.82, 2.24) is 5.32 Å². The number of nitrogens with one attached hydrogen (secondary N) is 1. The van der Waals surface area contributed by atoms with Gasteiger partial charge in [0.05, 0.1) is 12.6 Å². The number of halogens is 2. The number of aliphatic hydroxyl groups excluding tert-OH is 1. The van der Waals surface area contributed by atoms with Crippen LogP contribution < -0.4 is 5.32 Å². The molecular formula is C9H9BrFNO3. The van der Waals surface area contributed by atoms with Gasteiger partial charge in [-0.15, -0.1) is 0 Å². The van der Waals surface area contributed by atoms with Crippen molar-refractivity contribution in [3.63, 3.8) is 0 Å². The van der Waals surface area contributed by atoms with Crippen LogP contribution in [0.5, 0.6) is 0 Å². The summed E-state index contributed by atoms with van der Waals surface area (Å²) in [7, 11) is 0. The number of hydrogen-bond acceptors (Lipinski definition) is 2. The van der Waals surface area contributed by atoms with Crippen LogP contribution >= 0.6 is 15.9 Å². The van der Waals surface area contributed by atoms with Crippen molar-refractivity contribution in [2.45, 2.75) is 6.04 Å².